The molecule has 0 radical (unpaired) electrons. The van der Waals surface area contributed by atoms with Crippen molar-refractivity contribution in [3.63, 3.8) is 0 Å². The first-order valence-electron chi connectivity index (χ1n) is 10.8. The van der Waals surface area contributed by atoms with Gasteiger partial charge in [-0.1, -0.05) is 30.3 Å². The quantitative estimate of drug-likeness (QED) is 0.359. The Morgan fingerprint density at radius 3 is 2.62 bits per heavy atom. The summed E-state index contributed by atoms with van der Waals surface area (Å²) in [6, 6.07) is 19.4. The smallest absolute Gasteiger partial charge is 0.243 e. The number of rotatable bonds is 9. The molecular formula is C25H25N3O4S2. The van der Waals surface area contributed by atoms with Crippen molar-refractivity contribution in [2.75, 3.05) is 18.5 Å². The summed E-state index contributed by atoms with van der Waals surface area (Å²) in [4.78, 5) is 13.0. The Labute approximate surface area is 203 Å². The average Bonchev–Trinajstić information content (AvgIpc) is 3.28. The number of anilines is 1. The number of aryl methyl sites for hydroxylation is 1. The molecular weight excluding hydrogens is 470 g/mol. The Morgan fingerprint density at radius 1 is 1.09 bits per heavy atom. The maximum atomic E-state index is 13.6. The third-order valence-electron chi connectivity index (χ3n) is 5.24. The standard InChI is InChI=1S/C25H25N3O4S2/c1-3-32-23-11-10-22(13-18(23)2)34(30,31)28(16-19-7-5-4-6-8-19)17-25(29)27-21-9-12-24-20(14-21)15-26-33-24/h4-15H,3,16-17H2,1-2H3,(H,27,29). The highest BCUT2D eigenvalue weighted by atomic mass is 32.2. The van der Waals surface area contributed by atoms with E-state index in [9.17, 15) is 13.2 Å². The Hall–Kier alpha value is -3.27. The van der Waals surface area contributed by atoms with Gasteiger partial charge in [-0.2, -0.15) is 8.68 Å². The largest absolute Gasteiger partial charge is 0.494 e. The fraction of sp³-hybridized carbons (Fsp3) is 0.200. The number of sulfonamides is 1. The van der Waals surface area contributed by atoms with E-state index in [1.165, 1.54) is 21.9 Å². The number of ether oxygens (including phenoxy) is 1. The van der Waals surface area contributed by atoms with E-state index in [4.69, 9.17) is 4.74 Å². The zero-order chi connectivity index (χ0) is 24.1. The zero-order valence-corrected chi connectivity index (χ0v) is 20.5. The molecule has 0 saturated carbocycles. The van der Waals surface area contributed by atoms with E-state index in [-0.39, 0.29) is 18.0 Å². The Kier molecular flexibility index (Phi) is 7.26. The van der Waals surface area contributed by atoms with Crippen molar-refractivity contribution in [3.05, 3.63) is 84.1 Å². The van der Waals surface area contributed by atoms with Crippen molar-refractivity contribution in [1.82, 2.24) is 8.68 Å². The number of aromatic nitrogens is 1. The number of nitrogens with zero attached hydrogens (tertiary/aromatic N) is 2. The molecule has 0 unspecified atom stereocenters. The number of carbonyl (C=O) groups is 1. The van der Waals surface area contributed by atoms with Crippen LogP contribution >= 0.6 is 11.5 Å². The van der Waals surface area contributed by atoms with Gasteiger partial charge in [-0.3, -0.25) is 4.79 Å². The number of hydrogen-bond acceptors (Lipinski definition) is 6. The van der Waals surface area contributed by atoms with Gasteiger partial charge in [0.1, 0.15) is 5.75 Å². The van der Waals surface area contributed by atoms with Crippen LogP contribution in [0.5, 0.6) is 5.75 Å². The normalized spacial score (nSPS) is 11.6. The molecule has 0 aliphatic carbocycles. The molecule has 1 amide bonds. The number of amides is 1. The van der Waals surface area contributed by atoms with Crippen molar-refractivity contribution in [2.24, 2.45) is 0 Å². The van der Waals surface area contributed by atoms with Crippen LogP contribution in [0.2, 0.25) is 0 Å². The SMILES string of the molecule is CCOc1ccc(S(=O)(=O)N(CC(=O)Nc2ccc3sncc3c2)Cc2ccccc2)cc1C. The number of benzene rings is 3. The van der Waals surface area contributed by atoms with Gasteiger partial charge >= 0.3 is 0 Å². The number of carbonyl (C=O) groups excluding carboxylic acids is 1. The van der Waals surface area contributed by atoms with E-state index >= 15 is 0 Å². The number of fused-ring (bicyclic) bond motifs is 1. The van der Waals surface area contributed by atoms with E-state index in [1.54, 1.807) is 31.3 Å². The van der Waals surface area contributed by atoms with Crippen molar-refractivity contribution in [3.8, 4) is 5.75 Å². The minimum Gasteiger partial charge on any atom is -0.494 e. The lowest BCUT2D eigenvalue weighted by Gasteiger charge is -2.22. The summed E-state index contributed by atoms with van der Waals surface area (Å²) in [6.45, 7) is 3.89. The molecule has 0 saturated heterocycles. The molecule has 34 heavy (non-hydrogen) atoms. The topological polar surface area (TPSA) is 88.6 Å². The molecule has 7 nitrogen and oxygen atoms in total. The summed E-state index contributed by atoms with van der Waals surface area (Å²) < 4.78 is 39.1. The van der Waals surface area contributed by atoms with Crippen LogP contribution in [0.1, 0.15) is 18.1 Å². The van der Waals surface area contributed by atoms with Gasteiger partial charge in [0, 0.05) is 23.8 Å². The summed E-state index contributed by atoms with van der Waals surface area (Å²) >= 11 is 1.37. The monoisotopic (exact) mass is 495 g/mol. The van der Waals surface area contributed by atoms with E-state index in [2.05, 4.69) is 9.69 Å². The predicted octanol–water partition coefficient (Wildman–Crippen LogP) is 4.83. The van der Waals surface area contributed by atoms with E-state index in [0.29, 0.717) is 23.6 Å². The summed E-state index contributed by atoms with van der Waals surface area (Å²) in [7, 11) is -3.96. The van der Waals surface area contributed by atoms with Crippen LogP contribution in [0.15, 0.2) is 77.8 Å². The highest BCUT2D eigenvalue weighted by Crippen LogP contribution is 2.26. The van der Waals surface area contributed by atoms with Crippen molar-refractivity contribution >= 4 is 43.2 Å². The molecule has 0 spiro atoms. The molecule has 9 heteroatoms. The van der Waals surface area contributed by atoms with Crippen molar-refractivity contribution < 1.29 is 17.9 Å². The first-order valence-corrected chi connectivity index (χ1v) is 13.0. The Morgan fingerprint density at radius 2 is 1.88 bits per heavy atom. The number of nitrogens with one attached hydrogen (secondary N) is 1. The lowest BCUT2D eigenvalue weighted by atomic mass is 10.2. The van der Waals surface area contributed by atoms with E-state index in [0.717, 1.165) is 15.6 Å². The van der Waals surface area contributed by atoms with Gasteiger partial charge in [-0.25, -0.2) is 8.42 Å². The molecule has 176 valence electrons. The second-order valence-electron chi connectivity index (χ2n) is 7.75. The predicted molar refractivity (Wildman–Crippen MR) is 135 cm³/mol. The second-order valence-corrected chi connectivity index (χ2v) is 10.5. The zero-order valence-electron chi connectivity index (χ0n) is 18.9. The van der Waals surface area contributed by atoms with Crippen LogP contribution in [0, 0.1) is 6.92 Å². The molecule has 1 N–H and O–H groups in total. The lowest BCUT2D eigenvalue weighted by Crippen LogP contribution is -2.37. The number of hydrogen-bond donors (Lipinski definition) is 1. The van der Waals surface area contributed by atoms with Gasteiger partial charge in [0.25, 0.3) is 0 Å². The van der Waals surface area contributed by atoms with Crippen LogP contribution in [0.25, 0.3) is 10.1 Å². The van der Waals surface area contributed by atoms with Gasteiger partial charge in [0.15, 0.2) is 0 Å². The fourth-order valence-corrected chi connectivity index (χ4v) is 5.67. The minimum atomic E-state index is -3.96. The summed E-state index contributed by atoms with van der Waals surface area (Å²) in [5, 5.41) is 3.73. The second kappa shape index (κ2) is 10.3. The van der Waals surface area contributed by atoms with Crippen molar-refractivity contribution in [2.45, 2.75) is 25.3 Å². The van der Waals surface area contributed by atoms with Crippen LogP contribution < -0.4 is 10.1 Å². The molecule has 4 rings (SSSR count). The summed E-state index contributed by atoms with van der Waals surface area (Å²) in [6.07, 6.45) is 1.73. The molecule has 1 heterocycles. The first kappa shape index (κ1) is 23.9. The van der Waals surface area contributed by atoms with E-state index < -0.39 is 15.9 Å². The molecule has 0 bridgehead atoms. The Bertz CT molecular complexity index is 1400. The van der Waals surface area contributed by atoms with Crippen LogP contribution in [0.3, 0.4) is 0 Å². The molecule has 0 aliphatic rings. The maximum Gasteiger partial charge on any atom is 0.243 e. The van der Waals surface area contributed by atoms with E-state index in [1.807, 2.05) is 49.4 Å². The first-order chi connectivity index (χ1) is 16.4. The third-order valence-corrected chi connectivity index (χ3v) is 7.81. The van der Waals surface area contributed by atoms with Gasteiger partial charge in [0.05, 0.1) is 22.7 Å². The average molecular weight is 496 g/mol. The fourth-order valence-electron chi connectivity index (χ4n) is 3.57. The molecule has 1 aromatic heterocycles. The molecule has 0 aliphatic heterocycles. The van der Waals surface area contributed by atoms with Crippen LogP contribution in [-0.2, 0) is 21.4 Å². The van der Waals surface area contributed by atoms with Gasteiger partial charge < -0.3 is 10.1 Å². The molecule has 0 fully saturated rings. The third kappa shape index (κ3) is 5.44. The minimum absolute atomic E-state index is 0.0658. The highest BCUT2D eigenvalue weighted by molar-refractivity contribution is 7.89. The maximum absolute atomic E-state index is 13.6. The summed E-state index contributed by atoms with van der Waals surface area (Å²) in [5.41, 5.74) is 2.09. The lowest BCUT2D eigenvalue weighted by molar-refractivity contribution is -0.116. The molecule has 0 atom stereocenters. The van der Waals surface area contributed by atoms with Gasteiger partial charge in [0.2, 0.25) is 15.9 Å². The Balaban J connectivity index is 1.60. The highest BCUT2D eigenvalue weighted by Gasteiger charge is 2.27. The summed E-state index contributed by atoms with van der Waals surface area (Å²) in [5.74, 6) is 0.205. The molecule has 3 aromatic carbocycles. The van der Waals surface area contributed by atoms with Crippen molar-refractivity contribution in [1.29, 1.82) is 0 Å². The molecule has 4 aromatic rings. The van der Waals surface area contributed by atoms with Gasteiger partial charge in [-0.15, -0.1) is 0 Å². The van der Waals surface area contributed by atoms with Gasteiger partial charge in [-0.05, 0) is 72.9 Å². The van der Waals surface area contributed by atoms with Crippen LogP contribution in [-0.4, -0.2) is 36.2 Å². The van der Waals surface area contributed by atoms with Crippen LogP contribution in [0.4, 0.5) is 5.69 Å².